The number of aromatic nitrogens is 1. The maximum Gasteiger partial charge on any atom is 0.0626 e. The Morgan fingerprint density at radius 1 is 0.373 bits per heavy atom. The van der Waals surface area contributed by atoms with Gasteiger partial charge in [-0.1, -0.05) is 149 Å². The van der Waals surface area contributed by atoms with Gasteiger partial charge in [0.05, 0.1) is 11.0 Å². The molecule has 1 heterocycles. The van der Waals surface area contributed by atoms with Crippen molar-refractivity contribution in [3.8, 4) is 27.9 Å². The first kappa shape index (κ1) is 27.9. The zero-order valence-electron chi connectivity index (χ0n) is 29.2. The van der Waals surface area contributed by atoms with Crippen LogP contribution in [0.15, 0.2) is 140 Å². The molecule has 0 aliphatic heterocycles. The Morgan fingerprint density at radius 3 is 1.63 bits per heavy atom. The third-order valence-electron chi connectivity index (χ3n) is 12.9. The van der Waals surface area contributed by atoms with Gasteiger partial charge in [0.25, 0.3) is 0 Å². The van der Waals surface area contributed by atoms with Gasteiger partial charge in [0.1, 0.15) is 0 Å². The molecule has 51 heavy (non-hydrogen) atoms. The van der Waals surface area contributed by atoms with Crippen LogP contribution < -0.4 is 0 Å². The SMILES string of the molecule is CC1(C)c2ccccc2-c2ccc(-n3c4ccc5c(c4c4c6cccc7c8ccccc8c8cccc(c8c76)c43)C(C)(C)c3ccccc3-5)cc21. The molecule has 2 aliphatic carbocycles. The molecular formula is C50H35N. The van der Waals surface area contributed by atoms with E-state index in [4.69, 9.17) is 0 Å². The standard InChI is InChI=1S/C50H35N/c1-49(2)39-21-9-7-15-31(39)33-24-23-28(27-41(33)49)51-42-26-25-36-32-16-8-10-22-40(32)50(3,4)47(36)46(42)45-37-19-11-17-34-29-13-5-6-14-30(29)35-18-12-20-38(48(45)51)44(35)43(34)37/h5-27H,1-4H3. The van der Waals surface area contributed by atoms with Crippen molar-refractivity contribution in [2.24, 2.45) is 0 Å². The summed E-state index contributed by atoms with van der Waals surface area (Å²) in [6, 6.07) is 53.1. The van der Waals surface area contributed by atoms with Crippen molar-refractivity contribution in [3.63, 3.8) is 0 Å². The molecule has 0 N–H and O–H groups in total. The van der Waals surface area contributed by atoms with Crippen LogP contribution in [-0.2, 0) is 10.8 Å². The van der Waals surface area contributed by atoms with Gasteiger partial charge in [-0.25, -0.2) is 0 Å². The fourth-order valence-electron chi connectivity index (χ4n) is 10.7. The van der Waals surface area contributed by atoms with Gasteiger partial charge in [0.15, 0.2) is 0 Å². The molecule has 0 bridgehead atoms. The first-order valence-electron chi connectivity index (χ1n) is 18.3. The summed E-state index contributed by atoms with van der Waals surface area (Å²) in [6.07, 6.45) is 0. The summed E-state index contributed by atoms with van der Waals surface area (Å²) >= 11 is 0. The molecule has 0 saturated heterocycles. The van der Waals surface area contributed by atoms with E-state index < -0.39 is 0 Å². The monoisotopic (exact) mass is 649 g/mol. The van der Waals surface area contributed by atoms with Crippen LogP contribution in [0.25, 0.3) is 92.8 Å². The highest BCUT2D eigenvalue weighted by Gasteiger charge is 2.39. The van der Waals surface area contributed by atoms with E-state index in [2.05, 4.69) is 172 Å². The molecule has 0 amide bonds. The Labute approximate surface area is 296 Å². The molecule has 12 rings (SSSR count). The predicted octanol–water partition coefficient (Wildman–Crippen LogP) is 13.4. The Kier molecular flexibility index (Phi) is 4.94. The average Bonchev–Trinajstić information content (AvgIpc) is 3.72. The lowest BCUT2D eigenvalue weighted by molar-refractivity contribution is 0.660. The molecule has 0 saturated carbocycles. The Hall–Kier alpha value is -5.92. The van der Waals surface area contributed by atoms with Gasteiger partial charge in [-0.05, 0) is 95.0 Å². The molecule has 0 unspecified atom stereocenters. The van der Waals surface area contributed by atoms with Crippen LogP contribution in [0.3, 0.4) is 0 Å². The van der Waals surface area contributed by atoms with Crippen molar-refractivity contribution >= 4 is 64.9 Å². The molecular weight excluding hydrogens is 615 g/mol. The summed E-state index contributed by atoms with van der Waals surface area (Å²) < 4.78 is 2.62. The highest BCUT2D eigenvalue weighted by molar-refractivity contribution is 6.42. The quantitative estimate of drug-likeness (QED) is 0.123. The lowest BCUT2D eigenvalue weighted by Gasteiger charge is -2.23. The van der Waals surface area contributed by atoms with E-state index in [1.807, 2.05) is 0 Å². The van der Waals surface area contributed by atoms with Crippen molar-refractivity contribution < 1.29 is 0 Å². The van der Waals surface area contributed by atoms with E-state index in [9.17, 15) is 0 Å². The summed E-state index contributed by atoms with van der Waals surface area (Å²) in [7, 11) is 0. The number of benzene rings is 9. The van der Waals surface area contributed by atoms with E-state index in [0.29, 0.717) is 0 Å². The average molecular weight is 650 g/mol. The van der Waals surface area contributed by atoms with Gasteiger partial charge in [0, 0.05) is 38.1 Å². The minimum absolute atomic E-state index is 0.0903. The first-order chi connectivity index (χ1) is 24.9. The second kappa shape index (κ2) is 9.05. The molecule has 10 aromatic rings. The van der Waals surface area contributed by atoms with Crippen LogP contribution in [0, 0.1) is 0 Å². The third-order valence-corrected chi connectivity index (χ3v) is 12.9. The highest BCUT2D eigenvalue weighted by atomic mass is 15.0. The normalized spacial score (nSPS) is 15.4. The fourth-order valence-corrected chi connectivity index (χ4v) is 10.7. The van der Waals surface area contributed by atoms with E-state index in [-0.39, 0.29) is 10.8 Å². The van der Waals surface area contributed by atoms with Gasteiger partial charge in [-0.3, -0.25) is 0 Å². The minimum atomic E-state index is -0.156. The van der Waals surface area contributed by atoms with E-state index >= 15 is 0 Å². The summed E-state index contributed by atoms with van der Waals surface area (Å²) in [5.74, 6) is 0. The highest BCUT2D eigenvalue weighted by Crippen LogP contribution is 2.56. The summed E-state index contributed by atoms with van der Waals surface area (Å²) in [6.45, 7) is 9.64. The van der Waals surface area contributed by atoms with Crippen molar-refractivity contribution in [3.05, 3.63) is 162 Å². The number of nitrogens with zero attached hydrogens (tertiary/aromatic N) is 1. The topological polar surface area (TPSA) is 4.93 Å². The number of fused-ring (bicyclic) bond motifs is 15. The summed E-state index contributed by atoms with van der Waals surface area (Å²) in [4.78, 5) is 0. The van der Waals surface area contributed by atoms with Crippen LogP contribution in [0.4, 0.5) is 0 Å². The van der Waals surface area contributed by atoms with Crippen LogP contribution in [0.2, 0.25) is 0 Å². The maximum atomic E-state index is 2.62. The van der Waals surface area contributed by atoms with E-state index in [0.717, 1.165) is 0 Å². The molecule has 0 spiro atoms. The minimum Gasteiger partial charge on any atom is -0.309 e. The first-order valence-corrected chi connectivity index (χ1v) is 18.3. The second-order valence-corrected chi connectivity index (χ2v) is 16.0. The molecule has 9 aromatic carbocycles. The van der Waals surface area contributed by atoms with E-state index in [1.165, 1.54) is 115 Å². The van der Waals surface area contributed by atoms with Crippen molar-refractivity contribution in [1.29, 1.82) is 0 Å². The molecule has 0 fully saturated rings. The van der Waals surface area contributed by atoms with Crippen LogP contribution >= 0.6 is 0 Å². The largest absolute Gasteiger partial charge is 0.309 e. The van der Waals surface area contributed by atoms with E-state index in [1.54, 1.807) is 0 Å². The predicted molar refractivity (Wildman–Crippen MR) is 217 cm³/mol. The fraction of sp³-hybridized carbons (Fsp3) is 0.120. The number of hydrogen-bond acceptors (Lipinski definition) is 0. The summed E-state index contributed by atoms with van der Waals surface area (Å²) in [5, 5.41) is 13.5. The van der Waals surface area contributed by atoms with Gasteiger partial charge in [0.2, 0.25) is 0 Å². The molecule has 0 radical (unpaired) electrons. The molecule has 2 aliphatic rings. The van der Waals surface area contributed by atoms with Gasteiger partial charge < -0.3 is 4.57 Å². The van der Waals surface area contributed by atoms with Crippen molar-refractivity contribution in [2.75, 3.05) is 0 Å². The van der Waals surface area contributed by atoms with Crippen LogP contribution in [0.5, 0.6) is 0 Å². The summed E-state index contributed by atoms with van der Waals surface area (Å²) in [5.41, 5.74) is 14.7. The molecule has 1 heteroatoms. The molecule has 1 nitrogen and oxygen atoms in total. The zero-order valence-corrected chi connectivity index (χ0v) is 29.2. The Morgan fingerprint density at radius 2 is 0.902 bits per heavy atom. The molecule has 240 valence electrons. The Balaban J connectivity index is 1.34. The molecule has 1 aromatic heterocycles. The van der Waals surface area contributed by atoms with Gasteiger partial charge in [-0.2, -0.15) is 0 Å². The maximum absolute atomic E-state index is 2.62. The van der Waals surface area contributed by atoms with Crippen molar-refractivity contribution in [1.82, 2.24) is 4.57 Å². The van der Waals surface area contributed by atoms with Crippen LogP contribution in [-0.4, -0.2) is 4.57 Å². The number of hydrogen-bond donors (Lipinski definition) is 0. The lowest BCUT2D eigenvalue weighted by Crippen LogP contribution is -2.15. The van der Waals surface area contributed by atoms with Gasteiger partial charge in [-0.15, -0.1) is 0 Å². The lowest BCUT2D eigenvalue weighted by atomic mass is 9.79. The second-order valence-electron chi connectivity index (χ2n) is 16.0. The number of rotatable bonds is 1. The Bertz CT molecular complexity index is 3180. The smallest absolute Gasteiger partial charge is 0.0626 e. The van der Waals surface area contributed by atoms with Crippen LogP contribution in [0.1, 0.15) is 49.9 Å². The van der Waals surface area contributed by atoms with Gasteiger partial charge >= 0.3 is 0 Å². The third kappa shape index (κ3) is 3.16. The van der Waals surface area contributed by atoms with Crippen molar-refractivity contribution in [2.45, 2.75) is 38.5 Å². The zero-order chi connectivity index (χ0) is 34.0. The molecule has 0 atom stereocenters.